The van der Waals surface area contributed by atoms with Crippen LogP contribution < -0.4 is 5.14 Å². The Hall–Kier alpha value is -0.340. The first-order valence-corrected chi connectivity index (χ1v) is 15.4. The van der Waals surface area contributed by atoms with Gasteiger partial charge in [-0.2, -0.15) is 0 Å². The van der Waals surface area contributed by atoms with Crippen molar-refractivity contribution in [2.24, 2.45) is 5.14 Å². The zero-order chi connectivity index (χ0) is 22.1. The van der Waals surface area contributed by atoms with Crippen molar-refractivity contribution in [3.63, 3.8) is 0 Å². The third kappa shape index (κ3) is 13.2. The molecule has 6 heteroatoms. The van der Waals surface area contributed by atoms with Crippen LogP contribution in [0.3, 0.4) is 0 Å². The van der Waals surface area contributed by atoms with Crippen molar-refractivity contribution in [1.82, 2.24) is 0 Å². The number of primary sulfonamides is 1. The van der Waals surface area contributed by atoms with E-state index < -0.39 is 31.2 Å². The molecule has 0 unspecified atom stereocenters. The topological polar surface area (TPSA) is 77.2 Å². The number of nitrogens with two attached hydrogens (primary N) is 1. The monoisotopic (exact) mass is 551 g/mol. The third-order valence-electron chi connectivity index (χ3n) is 5.70. The minimum atomic E-state index is -3.80. The first kappa shape index (κ1) is 27.7. The van der Waals surface area contributed by atoms with Gasteiger partial charge in [0.05, 0.1) is 8.47 Å². The van der Waals surface area contributed by atoms with Crippen LogP contribution in [0.1, 0.15) is 115 Å². The number of sulfonamides is 1. The summed E-state index contributed by atoms with van der Waals surface area (Å²) in [6.45, 7) is 2.27. The first-order chi connectivity index (χ1) is 14.5. The fourth-order valence-electron chi connectivity index (χ4n) is 3.86. The van der Waals surface area contributed by atoms with Gasteiger partial charge in [0.2, 0.25) is 10.0 Å². The van der Waals surface area contributed by atoms with Gasteiger partial charge in [-0.3, -0.25) is 3.07 Å². The summed E-state index contributed by atoms with van der Waals surface area (Å²) < 4.78 is 34.9. The highest BCUT2D eigenvalue weighted by Crippen LogP contribution is 2.22. The van der Waals surface area contributed by atoms with Crippen molar-refractivity contribution in [2.75, 3.05) is 0 Å². The molecule has 2 N–H and O–H groups in total. The zero-order valence-electron chi connectivity index (χ0n) is 18.8. The second-order valence-electron chi connectivity index (χ2n) is 8.44. The van der Waals surface area contributed by atoms with Crippen LogP contribution in [0.4, 0.5) is 0 Å². The number of aryl methyl sites for hydroxylation is 1. The molecule has 1 rings (SSSR count). The van der Waals surface area contributed by atoms with Crippen molar-refractivity contribution in [1.29, 1.82) is 0 Å². The highest BCUT2D eigenvalue weighted by atomic mass is 127. The fourth-order valence-corrected chi connectivity index (χ4v) is 6.35. The summed E-state index contributed by atoms with van der Waals surface area (Å²) in [4.78, 5) is 0.0410. The summed E-state index contributed by atoms with van der Waals surface area (Å²) in [5.41, 5.74) is 0.964. The van der Waals surface area contributed by atoms with Gasteiger partial charge in [0.15, 0.2) is 21.2 Å². The van der Waals surface area contributed by atoms with Crippen LogP contribution in [0.15, 0.2) is 23.1 Å². The van der Waals surface area contributed by atoms with E-state index in [1.54, 1.807) is 12.1 Å². The average molecular weight is 552 g/mol. The van der Waals surface area contributed by atoms with Crippen molar-refractivity contribution in [2.45, 2.75) is 121 Å². The number of rotatable bonds is 19. The highest BCUT2D eigenvalue weighted by molar-refractivity contribution is 14.1. The number of hydrogen-bond donors (Lipinski definition) is 1. The molecule has 0 saturated carbocycles. The molecule has 0 bridgehead atoms. The summed E-state index contributed by atoms with van der Waals surface area (Å²) in [5.74, 6) is 0. The zero-order valence-corrected chi connectivity index (χ0v) is 21.8. The van der Waals surface area contributed by atoms with Crippen LogP contribution in [0.5, 0.6) is 0 Å². The molecule has 0 saturated heterocycles. The fraction of sp³-hybridized carbons (Fsp3) is 0.750. The second kappa shape index (κ2) is 17.2. The minimum absolute atomic E-state index is 0.0410. The van der Waals surface area contributed by atoms with Gasteiger partial charge < -0.3 is 0 Å². The van der Waals surface area contributed by atoms with Crippen LogP contribution >= 0.6 is 21.2 Å². The van der Waals surface area contributed by atoms with E-state index in [1.807, 2.05) is 6.07 Å². The molecular formula is C24H42INO3S. The molecule has 0 fully saturated rings. The van der Waals surface area contributed by atoms with Crippen molar-refractivity contribution in [3.05, 3.63) is 27.3 Å². The van der Waals surface area contributed by atoms with E-state index in [1.165, 1.54) is 96.3 Å². The van der Waals surface area contributed by atoms with Crippen LogP contribution in [-0.4, -0.2) is 8.42 Å². The number of hydrogen-bond acceptors (Lipinski definition) is 3. The lowest BCUT2D eigenvalue weighted by atomic mass is 10.0. The molecule has 0 aromatic heterocycles. The lowest BCUT2D eigenvalue weighted by molar-refractivity contribution is 0.529. The molecule has 0 aliphatic heterocycles. The van der Waals surface area contributed by atoms with Crippen molar-refractivity contribution < 1.29 is 11.5 Å². The van der Waals surface area contributed by atoms with Gasteiger partial charge in [-0.15, -0.1) is 0 Å². The minimum Gasteiger partial charge on any atom is -0.265 e. The van der Waals surface area contributed by atoms with Crippen LogP contribution in [-0.2, 0) is 19.5 Å². The van der Waals surface area contributed by atoms with E-state index in [9.17, 15) is 11.5 Å². The third-order valence-corrected chi connectivity index (χ3v) is 8.44. The molecule has 174 valence electrons. The largest absolute Gasteiger partial charge is 0.265 e. The molecule has 0 heterocycles. The Balaban J connectivity index is 2.00. The molecule has 0 amide bonds. The van der Waals surface area contributed by atoms with Crippen LogP contribution in [0.25, 0.3) is 0 Å². The van der Waals surface area contributed by atoms with Gasteiger partial charge >= 0.3 is 0 Å². The molecule has 30 heavy (non-hydrogen) atoms. The van der Waals surface area contributed by atoms with E-state index >= 15 is 0 Å². The number of unbranched alkanes of at least 4 members (excludes halogenated alkanes) is 15. The van der Waals surface area contributed by atoms with E-state index in [2.05, 4.69) is 6.92 Å². The molecule has 0 aliphatic rings. The summed E-state index contributed by atoms with van der Waals surface area (Å²) in [5, 5.41) is 5.24. The maximum Gasteiger partial charge on any atom is 0.239 e. The Morgan fingerprint density at radius 3 is 1.57 bits per heavy atom. The SMILES string of the molecule is CCCCCCCCCCCCCCCCCCc1ccc(I=O)c(S(N)(=O)=O)c1. The maximum absolute atomic E-state index is 11.6. The summed E-state index contributed by atoms with van der Waals surface area (Å²) in [6, 6.07) is 5.14. The van der Waals surface area contributed by atoms with Gasteiger partial charge in [-0.25, -0.2) is 13.6 Å². The highest BCUT2D eigenvalue weighted by Gasteiger charge is 2.15. The molecule has 0 spiro atoms. The standard InChI is InChI=1S/C24H42INO3S/c1-2-3-4-5-6-7-8-9-10-11-12-13-14-15-16-17-18-22-19-20-23(25-27)24(21-22)30(26,28)29/h19-21H,2-18H2,1H3,(H2,26,28,29). The predicted molar refractivity (Wildman–Crippen MR) is 134 cm³/mol. The lowest BCUT2D eigenvalue weighted by Crippen LogP contribution is -2.14. The molecule has 0 atom stereocenters. The van der Waals surface area contributed by atoms with Crippen molar-refractivity contribution in [3.8, 4) is 0 Å². The molecule has 1 aromatic rings. The van der Waals surface area contributed by atoms with Gasteiger partial charge in [-0.05, 0) is 30.5 Å². The second-order valence-corrected chi connectivity index (χ2v) is 11.6. The normalized spacial score (nSPS) is 11.8. The summed E-state index contributed by atoms with van der Waals surface area (Å²) >= 11 is -1.54. The van der Waals surface area contributed by atoms with Gasteiger partial charge in [0, 0.05) is 0 Å². The van der Waals surface area contributed by atoms with Crippen molar-refractivity contribution >= 4 is 31.2 Å². The quantitative estimate of drug-likeness (QED) is 0.142. The number of halogens is 1. The Labute approximate surface area is 195 Å². The van der Waals surface area contributed by atoms with E-state index in [0.29, 0.717) is 3.57 Å². The molecule has 4 nitrogen and oxygen atoms in total. The Bertz CT molecular complexity index is 692. The van der Waals surface area contributed by atoms with Gasteiger partial charge in [-0.1, -0.05) is 109 Å². The van der Waals surface area contributed by atoms with E-state index in [-0.39, 0.29) is 4.90 Å². The summed E-state index contributed by atoms with van der Waals surface area (Å²) in [6.07, 6.45) is 22.3. The van der Waals surface area contributed by atoms with E-state index in [4.69, 9.17) is 5.14 Å². The Morgan fingerprint density at radius 2 is 1.17 bits per heavy atom. The van der Waals surface area contributed by atoms with Gasteiger partial charge in [0.1, 0.15) is 0 Å². The smallest absolute Gasteiger partial charge is 0.239 e. The Kier molecular flexibility index (Phi) is 15.9. The average Bonchev–Trinajstić information content (AvgIpc) is 2.72. The Morgan fingerprint density at radius 1 is 0.733 bits per heavy atom. The van der Waals surface area contributed by atoms with Crippen LogP contribution in [0, 0.1) is 3.57 Å². The number of benzene rings is 1. The van der Waals surface area contributed by atoms with Gasteiger partial charge in [0.25, 0.3) is 0 Å². The molecular weight excluding hydrogens is 509 g/mol. The maximum atomic E-state index is 11.6. The van der Waals surface area contributed by atoms with E-state index in [0.717, 1.165) is 18.4 Å². The molecule has 0 radical (unpaired) electrons. The van der Waals surface area contributed by atoms with Crippen LogP contribution in [0.2, 0.25) is 0 Å². The summed E-state index contributed by atoms with van der Waals surface area (Å²) in [7, 11) is -3.80. The first-order valence-electron chi connectivity index (χ1n) is 11.9. The molecule has 1 aromatic carbocycles. The lowest BCUT2D eigenvalue weighted by Gasteiger charge is -2.06. The molecule has 0 aliphatic carbocycles. The predicted octanol–water partition coefficient (Wildman–Crippen LogP) is 7.62.